The first-order valence-electron chi connectivity index (χ1n) is 9.99. The molecule has 0 aliphatic heterocycles. The molecule has 1 aromatic heterocycles. The van der Waals surface area contributed by atoms with Gasteiger partial charge in [0.25, 0.3) is 0 Å². The Balaban J connectivity index is 1.88. The Morgan fingerprint density at radius 2 is 1.79 bits per heavy atom. The molecule has 0 aliphatic carbocycles. The Morgan fingerprint density at radius 1 is 1.10 bits per heavy atom. The summed E-state index contributed by atoms with van der Waals surface area (Å²) >= 11 is 3.24. The Bertz CT molecular complexity index is 984. The topological polar surface area (TPSA) is 39.2 Å². The summed E-state index contributed by atoms with van der Waals surface area (Å²) in [5.41, 5.74) is 3.28. The van der Waals surface area contributed by atoms with Crippen LogP contribution < -0.4 is 0 Å². The maximum Gasteiger partial charge on any atom is 0.310 e. The first-order chi connectivity index (χ1) is 13.7. The second-order valence-electron chi connectivity index (χ2n) is 8.71. The van der Waals surface area contributed by atoms with Crippen LogP contribution in [0.1, 0.15) is 53.0 Å². The Kier molecular flexibility index (Phi) is 6.69. The van der Waals surface area contributed by atoms with Crippen molar-refractivity contribution >= 4 is 39.3 Å². The van der Waals surface area contributed by atoms with Crippen LogP contribution >= 0.6 is 23.3 Å². The van der Waals surface area contributed by atoms with E-state index in [0.717, 1.165) is 5.39 Å². The van der Waals surface area contributed by atoms with Crippen molar-refractivity contribution in [1.29, 1.82) is 0 Å². The molecule has 0 radical (unpaired) electrons. The van der Waals surface area contributed by atoms with Crippen molar-refractivity contribution in [3.63, 3.8) is 0 Å². The monoisotopic (exact) mass is 427 g/mol. The summed E-state index contributed by atoms with van der Waals surface area (Å²) in [7, 11) is 0. The fraction of sp³-hybridized carbons (Fsp3) is 0.417. The molecule has 3 rings (SSSR count). The molecule has 1 unspecified atom stereocenters. The maximum absolute atomic E-state index is 12.4. The van der Waals surface area contributed by atoms with Crippen LogP contribution in [0.4, 0.5) is 0 Å². The summed E-state index contributed by atoms with van der Waals surface area (Å²) in [6, 6.07) is 13.1. The first kappa shape index (κ1) is 21.8. The van der Waals surface area contributed by atoms with Crippen LogP contribution in [0.3, 0.4) is 0 Å². The van der Waals surface area contributed by atoms with Crippen molar-refractivity contribution in [2.75, 3.05) is 5.75 Å². The van der Waals surface area contributed by atoms with E-state index in [9.17, 15) is 4.79 Å². The number of rotatable bonds is 6. The predicted molar refractivity (Wildman–Crippen MR) is 125 cm³/mol. The first-order valence-corrected chi connectivity index (χ1v) is 11.7. The van der Waals surface area contributed by atoms with Gasteiger partial charge in [-0.25, -0.2) is 0 Å². The molecular weight excluding hydrogens is 398 g/mol. The van der Waals surface area contributed by atoms with E-state index in [1.54, 1.807) is 11.8 Å². The number of fused-ring (bicyclic) bond motifs is 1. The van der Waals surface area contributed by atoms with Crippen molar-refractivity contribution in [2.24, 2.45) is 5.92 Å². The van der Waals surface area contributed by atoms with E-state index in [1.165, 1.54) is 37.8 Å². The van der Waals surface area contributed by atoms with Crippen molar-refractivity contribution in [3.8, 4) is 11.1 Å². The predicted octanol–water partition coefficient (Wildman–Crippen LogP) is 7.16. The maximum atomic E-state index is 12.4. The average Bonchev–Trinajstić information content (AvgIpc) is 3.13. The zero-order valence-corrected chi connectivity index (χ0v) is 19.6. The van der Waals surface area contributed by atoms with E-state index in [2.05, 4.69) is 54.6 Å². The Labute approximate surface area is 182 Å². The molecule has 3 aromatic rings. The highest BCUT2D eigenvalue weighted by molar-refractivity contribution is 7.99. The second-order valence-corrected chi connectivity index (χ2v) is 10.6. The van der Waals surface area contributed by atoms with Gasteiger partial charge in [0, 0.05) is 27.8 Å². The van der Waals surface area contributed by atoms with E-state index in [1.807, 2.05) is 33.9 Å². The van der Waals surface area contributed by atoms with Crippen LogP contribution in [0.15, 0.2) is 47.5 Å². The third kappa shape index (κ3) is 5.40. The smallest absolute Gasteiger partial charge is 0.310 e. The normalized spacial score (nSPS) is 13.1. The summed E-state index contributed by atoms with van der Waals surface area (Å²) < 4.78 is 11.1. The third-order valence-corrected chi connectivity index (χ3v) is 6.80. The summed E-state index contributed by atoms with van der Waals surface area (Å²) in [5, 5.41) is 1.16. The van der Waals surface area contributed by atoms with Crippen LogP contribution in [0.2, 0.25) is 0 Å². The molecule has 2 aromatic carbocycles. The SMILES string of the molecule is CC(CSc1ccc2cnsc2c1-c1ccc(C(C)C)cc1)C(=O)OC(C)(C)C. The number of ether oxygens (including phenoxy) is 1. The molecule has 5 heteroatoms. The fourth-order valence-electron chi connectivity index (χ4n) is 3.03. The average molecular weight is 428 g/mol. The number of carbonyl (C=O) groups excluding carboxylic acids is 1. The summed E-state index contributed by atoms with van der Waals surface area (Å²) in [6.45, 7) is 12.1. The van der Waals surface area contributed by atoms with Gasteiger partial charge in [-0.2, -0.15) is 4.37 Å². The molecule has 0 fully saturated rings. The number of thioether (sulfide) groups is 1. The highest BCUT2D eigenvalue weighted by Crippen LogP contribution is 2.40. The molecular formula is C24H29NO2S2. The minimum Gasteiger partial charge on any atom is -0.460 e. The summed E-state index contributed by atoms with van der Waals surface area (Å²) in [5.74, 6) is 0.863. The van der Waals surface area contributed by atoms with Crippen LogP contribution in [0.5, 0.6) is 0 Å². The lowest BCUT2D eigenvalue weighted by atomic mass is 9.98. The lowest BCUT2D eigenvalue weighted by Gasteiger charge is -2.22. The van der Waals surface area contributed by atoms with E-state index >= 15 is 0 Å². The number of aromatic nitrogens is 1. The molecule has 0 bridgehead atoms. The minimum absolute atomic E-state index is 0.147. The van der Waals surface area contributed by atoms with Gasteiger partial charge in [0.2, 0.25) is 0 Å². The molecule has 0 saturated heterocycles. The van der Waals surface area contributed by atoms with Crippen LogP contribution in [-0.2, 0) is 9.53 Å². The van der Waals surface area contributed by atoms with Crippen molar-refractivity contribution in [3.05, 3.63) is 48.2 Å². The molecule has 0 N–H and O–H groups in total. The van der Waals surface area contributed by atoms with Crippen molar-refractivity contribution in [2.45, 2.75) is 58.0 Å². The highest BCUT2D eigenvalue weighted by atomic mass is 32.2. The summed E-state index contributed by atoms with van der Waals surface area (Å²) in [6.07, 6.45) is 1.92. The van der Waals surface area contributed by atoms with E-state index in [-0.39, 0.29) is 11.9 Å². The van der Waals surface area contributed by atoms with Crippen LogP contribution in [0, 0.1) is 5.92 Å². The molecule has 0 amide bonds. The lowest BCUT2D eigenvalue weighted by molar-refractivity contribution is -0.158. The number of esters is 1. The van der Waals surface area contributed by atoms with Crippen molar-refractivity contribution in [1.82, 2.24) is 4.37 Å². The van der Waals surface area contributed by atoms with Crippen molar-refractivity contribution < 1.29 is 9.53 Å². The van der Waals surface area contributed by atoms with Gasteiger partial charge < -0.3 is 4.74 Å². The molecule has 154 valence electrons. The molecule has 0 saturated carbocycles. The molecule has 29 heavy (non-hydrogen) atoms. The summed E-state index contributed by atoms with van der Waals surface area (Å²) in [4.78, 5) is 13.5. The minimum atomic E-state index is -0.457. The number of nitrogens with zero attached hydrogens (tertiary/aromatic N) is 1. The zero-order valence-electron chi connectivity index (χ0n) is 18.0. The van der Waals surface area contributed by atoms with Gasteiger partial charge in [-0.1, -0.05) is 51.1 Å². The standard InChI is InChI=1S/C24H29NO2S2/c1-15(2)17-7-9-18(10-8-17)21-20(12-11-19-13-25-29-22(19)21)28-14-16(3)23(26)27-24(4,5)6/h7-13,15-16H,14H2,1-6H3. The highest BCUT2D eigenvalue weighted by Gasteiger charge is 2.22. The van der Waals surface area contributed by atoms with Gasteiger partial charge in [-0.15, -0.1) is 11.8 Å². The second kappa shape index (κ2) is 8.88. The number of hydrogen-bond acceptors (Lipinski definition) is 5. The third-order valence-electron chi connectivity index (χ3n) is 4.65. The number of carbonyl (C=O) groups is 1. The van der Waals surface area contributed by atoms with Crippen LogP contribution in [-0.4, -0.2) is 21.7 Å². The molecule has 0 spiro atoms. The van der Waals surface area contributed by atoms with E-state index in [4.69, 9.17) is 4.74 Å². The Morgan fingerprint density at radius 3 is 2.41 bits per heavy atom. The van der Waals surface area contributed by atoms with E-state index < -0.39 is 5.60 Å². The molecule has 0 aliphatic rings. The van der Waals surface area contributed by atoms with Gasteiger partial charge >= 0.3 is 5.97 Å². The van der Waals surface area contributed by atoms with Gasteiger partial charge in [-0.05, 0) is 55.4 Å². The van der Waals surface area contributed by atoms with Crippen LogP contribution in [0.25, 0.3) is 21.2 Å². The quantitative estimate of drug-likeness (QED) is 0.309. The van der Waals surface area contributed by atoms with Gasteiger partial charge in [0.15, 0.2) is 0 Å². The van der Waals surface area contributed by atoms with Gasteiger partial charge in [0.1, 0.15) is 5.60 Å². The largest absolute Gasteiger partial charge is 0.460 e. The zero-order chi connectivity index (χ0) is 21.2. The lowest BCUT2D eigenvalue weighted by Crippen LogP contribution is -2.28. The number of benzene rings is 2. The van der Waals surface area contributed by atoms with Gasteiger partial charge in [-0.3, -0.25) is 4.79 Å². The fourth-order valence-corrected chi connectivity index (χ4v) is 5.01. The van der Waals surface area contributed by atoms with Gasteiger partial charge in [0.05, 0.1) is 10.6 Å². The molecule has 1 heterocycles. The Hall–Kier alpha value is -1.85. The van der Waals surface area contributed by atoms with E-state index in [0.29, 0.717) is 11.7 Å². The number of hydrogen-bond donors (Lipinski definition) is 0. The molecule has 1 atom stereocenters. The molecule has 3 nitrogen and oxygen atoms in total.